The summed E-state index contributed by atoms with van der Waals surface area (Å²) in [6.45, 7) is 1.78. The van der Waals surface area contributed by atoms with E-state index in [1.54, 1.807) is 87.0 Å². The molecule has 4 unspecified atom stereocenters. The normalized spacial score (nSPS) is 20.7. The lowest BCUT2D eigenvalue weighted by molar-refractivity contribution is -0.163. The van der Waals surface area contributed by atoms with Crippen LogP contribution in [0.3, 0.4) is 0 Å². The number of fused-ring (bicyclic) bond motifs is 1. The van der Waals surface area contributed by atoms with Crippen LogP contribution in [0.1, 0.15) is 58.5 Å². The molecule has 0 aromatic heterocycles. The lowest BCUT2D eigenvalue weighted by Crippen LogP contribution is -2.58. The fraction of sp³-hybridized carbons (Fsp3) is 0.286. The minimum atomic E-state index is -4.23. The number of likely N-dealkylation sites (tertiary alicyclic amines) is 1. The minimum Gasteiger partial charge on any atom is -0.497 e. The van der Waals surface area contributed by atoms with Gasteiger partial charge in [-0.05, 0) is 72.0 Å². The Balaban J connectivity index is 0.961. The van der Waals surface area contributed by atoms with Crippen LogP contribution in [0.5, 0.6) is 23.0 Å². The monoisotopic (exact) mass is 934 g/mol. The summed E-state index contributed by atoms with van der Waals surface area (Å²) in [5.74, 6) is -1.36. The lowest BCUT2D eigenvalue weighted by atomic mass is 9.96. The van der Waals surface area contributed by atoms with E-state index in [4.69, 9.17) is 35.3 Å². The van der Waals surface area contributed by atoms with Gasteiger partial charge in [0.1, 0.15) is 34.8 Å². The van der Waals surface area contributed by atoms with E-state index in [-0.39, 0.29) is 55.5 Å². The van der Waals surface area contributed by atoms with Crippen LogP contribution in [0, 0.1) is 5.92 Å². The van der Waals surface area contributed by atoms with Gasteiger partial charge >= 0.3 is 5.97 Å². The van der Waals surface area contributed by atoms with Crippen molar-refractivity contribution in [3.05, 3.63) is 154 Å². The molecule has 0 saturated carbocycles. The Morgan fingerprint density at radius 2 is 1.41 bits per heavy atom. The number of carbonyl (C=O) groups is 4. The molecule has 3 aliphatic heterocycles. The molecule has 15 nitrogen and oxygen atoms in total. The molecule has 3 saturated heterocycles. The third kappa shape index (κ3) is 9.02. The summed E-state index contributed by atoms with van der Waals surface area (Å²) in [5, 5.41) is 2.83. The van der Waals surface area contributed by atoms with Crippen LogP contribution in [-0.2, 0) is 42.2 Å². The van der Waals surface area contributed by atoms with E-state index in [0.717, 1.165) is 22.2 Å². The highest BCUT2D eigenvalue weighted by Crippen LogP contribution is 2.46. The van der Waals surface area contributed by atoms with Gasteiger partial charge in [-0.15, -0.1) is 0 Å². The predicted molar refractivity (Wildman–Crippen MR) is 244 cm³/mol. The number of methoxy groups -OCH3 is 2. The van der Waals surface area contributed by atoms with Crippen LogP contribution >= 0.6 is 11.6 Å². The Bertz CT molecular complexity index is 2700. The summed E-state index contributed by atoms with van der Waals surface area (Å²) < 4.78 is 54.9. The van der Waals surface area contributed by atoms with Gasteiger partial charge in [-0.2, -0.15) is 5.10 Å². The molecule has 342 valence electrons. The number of rotatable bonds is 16. The molecule has 3 aliphatic rings. The second-order valence-corrected chi connectivity index (χ2v) is 19.1. The molecular formula is C49H47ClN4O11S. The molecule has 5 aromatic rings. The Kier molecular flexibility index (Phi) is 13.3. The highest BCUT2D eigenvalue weighted by Gasteiger charge is 2.70. The van der Waals surface area contributed by atoms with Gasteiger partial charge in [0.15, 0.2) is 33.5 Å². The highest BCUT2D eigenvalue weighted by molar-refractivity contribution is 7.94. The number of halogens is 1. The van der Waals surface area contributed by atoms with Crippen molar-refractivity contribution >= 4 is 51.3 Å². The second kappa shape index (κ2) is 19.3. The SMILES string of the molecule is COc1ccc(COc2ccc(C(=O)N3CCC(C(=O)N/N=C/C4(C)C(C(=O)OC(c5ccccc5)c5ccccc5)N5C(=O)CC5S4(=O)=O)C3)c(Cl)c2OCc2ccc(OC)cc2)cc1. The van der Waals surface area contributed by atoms with Crippen molar-refractivity contribution in [2.75, 3.05) is 27.3 Å². The summed E-state index contributed by atoms with van der Waals surface area (Å²) >= 11 is 6.95. The standard InChI is InChI=1S/C49H47ClN4O11S/c1-49(45(54-40(55)26-41(54)66(49,59)60)48(58)65-43(33-10-6-4-7-11-33)34-12-8-5-9-13-34)30-51-52-46(56)35-24-25-53(27-35)47(57)38-22-23-39(63-28-31-14-18-36(61-2)19-15-31)44(42(38)50)64-29-32-16-20-37(62-3)21-17-32/h4-23,30,35,41,43,45H,24-29H2,1-3H3,(H,52,56)/b51-30+. The highest BCUT2D eigenvalue weighted by atomic mass is 35.5. The van der Waals surface area contributed by atoms with Crippen molar-refractivity contribution in [1.29, 1.82) is 0 Å². The first kappa shape index (κ1) is 45.7. The van der Waals surface area contributed by atoms with Crippen LogP contribution in [0.2, 0.25) is 5.02 Å². The number of sulfone groups is 1. The molecule has 4 atom stereocenters. The number of carbonyl (C=O) groups excluding carboxylic acids is 4. The molecule has 0 bridgehead atoms. The molecule has 5 aromatic carbocycles. The van der Waals surface area contributed by atoms with Gasteiger partial charge in [-0.1, -0.05) is 96.5 Å². The molecule has 3 amide bonds. The third-order valence-corrected chi connectivity index (χ3v) is 15.2. The van der Waals surface area contributed by atoms with Crippen LogP contribution in [0.25, 0.3) is 0 Å². The number of hydrogen-bond donors (Lipinski definition) is 1. The van der Waals surface area contributed by atoms with Gasteiger partial charge in [-0.3, -0.25) is 14.4 Å². The second-order valence-electron chi connectivity index (χ2n) is 16.2. The number of nitrogens with zero attached hydrogens (tertiary/aromatic N) is 3. The summed E-state index contributed by atoms with van der Waals surface area (Å²) in [5.41, 5.74) is 5.51. The zero-order chi connectivity index (χ0) is 46.6. The fourth-order valence-electron chi connectivity index (χ4n) is 8.31. The maximum Gasteiger partial charge on any atom is 0.331 e. The predicted octanol–water partition coefficient (Wildman–Crippen LogP) is 6.53. The van der Waals surface area contributed by atoms with Crippen molar-refractivity contribution in [3.63, 3.8) is 0 Å². The zero-order valence-electron chi connectivity index (χ0n) is 36.3. The first-order chi connectivity index (χ1) is 31.8. The number of ether oxygens (including phenoxy) is 5. The first-order valence-electron chi connectivity index (χ1n) is 21.1. The van der Waals surface area contributed by atoms with Crippen molar-refractivity contribution in [2.24, 2.45) is 11.0 Å². The molecular weight excluding hydrogens is 888 g/mol. The van der Waals surface area contributed by atoms with E-state index in [1.807, 2.05) is 48.5 Å². The number of esters is 1. The summed E-state index contributed by atoms with van der Waals surface area (Å²) in [6.07, 6.45) is 0.0519. The number of amides is 3. The Morgan fingerprint density at radius 3 is 1.97 bits per heavy atom. The van der Waals surface area contributed by atoms with E-state index in [9.17, 15) is 27.6 Å². The number of hydrogen-bond acceptors (Lipinski definition) is 12. The summed E-state index contributed by atoms with van der Waals surface area (Å²) in [6, 6.07) is 34.2. The number of nitrogens with one attached hydrogen (secondary N) is 1. The molecule has 3 fully saturated rings. The lowest BCUT2D eigenvalue weighted by Gasteiger charge is -2.36. The topological polar surface area (TPSA) is 179 Å². The van der Waals surface area contributed by atoms with Crippen molar-refractivity contribution < 1.29 is 51.3 Å². The van der Waals surface area contributed by atoms with Gasteiger partial charge in [0, 0.05) is 19.3 Å². The number of hydrazone groups is 1. The van der Waals surface area contributed by atoms with E-state index < -0.39 is 61.7 Å². The van der Waals surface area contributed by atoms with Crippen molar-refractivity contribution in [3.8, 4) is 23.0 Å². The van der Waals surface area contributed by atoms with Gasteiger partial charge in [-0.25, -0.2) is 18.6 Å². The number of β-lactam (4-membered cyclic amide) rings is 1. The quantitative estimate of drug-likeness (QED) is 0.0493. The molecule has 0 spiro atoms. The third-order valence-electron chi connectivity index (χ3n) is 12.1. The zero-order valence-corrected chi connectivity index (χ0v) is 37.9. The minimum absolute atomic E-state index is 0.00348. The van der Waals surface area contributed by atoms with Crippen LogP contribution < -0.4 is 24.4 Å². The van der Waals surface area contributed by atoms with Gasteiger partial charge in [0.25, 0.3) is 5.91 Å². The maximum atomic E-state index is 14.2. The summed E-state index contributed by atoms with van der Waals surface area (Å²) in [4.78, 5) is 57.2. The Morgan fingerprint density at radius 1 is 0.833 bits per heavy atom. The average molecular weight is 935 g/mol. The maximum absolute atomic E-state index is 14.2. The molecule has 0 aliphatic carbocycles. The molecule has 8 rings (SSSR count). The Hall–Kier alpha value is -6.91. The number of benzene rings is 5. The smallest absolute Gasteiger partial charge is 0.331 e. The van der Waals surface area contributed by atoms with E-state index in [2.05, 4.69) is 10.5 Å². The van der Waals surface area contributed by atoms with E-state index in [1.165, 1.54) is 11.8 Å². The van der Waals surface area contributed by atoms with E-state index in [0.29, 0.717) is 28.4 Å². The summed E-state index contributed by atoms with van der Waals surface area (Å²) in [7, 11) is -1.07. The van der Waals surface area contributed by atoms with Gasteiger partial charge in [0.05, 0.1) is 37.1 Å². The molecule has 66 heavy (non-hydrogen) atoms. The van der Waals surface area contributed by atoms with Gasteiger partial charge in [0.2, 0.25) is 11.8 Å². The van der Waals surface area contributed by atoms with Crippen LogP contribution in [0.4, 0.5) is 0 Å². The average Bonchev–Trinajstić information content (AvgIpc) is 3.89. The van der Waals surface area contributed by atoms with Crippen LogP contribution in [-0.4, -0.2) is 91.6 Å². The Labute approximate surface area is 387 Å². The van der Waals surface area contributed by atoms with Crippen molar-refractivity contribution in [2.45, 2.75) is 55.2 Å². The van der Waals surface area contributed by atoms with Crippen molar-refractivity contribution in [1.82, 2.24) is 15.2 Å². The molecule has 0 radical (unpaired) electrons. The fourth-order valence-corrected chi connectivity index (χ4v) is 10.8. The van der Waals surface area contributed by atoms with E-state index >= 15 is 0 Å². The molecule has 1 N–H and O–H groups in total. The van der Waals surface area contributed by atoms with Gasteiger partial charge < -0.3 is 33.5 Å². The van der Waals surface area contributed by atoms with Crippen LogP contribution in [0.15, 0.2) is 126 Å². The molecule has 17 heteroatoms. The largest absolute Gasteiger partial charge is 0.497 e. The first-order valence-corrected chi connectivity index (χ1v) is 23.1. The molecule has 3 heterocycles.